The Morgan fingerprint density at radius 3 is 3.05 bits per heavy atom. The number of fused-ring (bicyclic) bond motifs is 2. The molecule has 1 fully saturated rings. The van der Waals surface area contributed by atoms with Crippen molar-refractivity contribution in [1.82, 2.24) is 10.2 Å². The number of rotatable bonds is 2. The summed E-state index contributed by atoms with van der Waals surface area (Å²) >= 11 is 0. The lowest BCUT2D eigenvalue weighted by molar-refractivity contribution is -0.122. The third-order valence-corrected chi connectivity index (χ3v) is 4.45. The first-order valence-electron chi connectivity index (χ1n) is 7.41. The molecule has 0 saturated carbocycles. The van der Waals surface area contributed by atoms with Gasteiger partial charge in [-0.15, -0.1) is 0 Å². The number of hydrogen-bond acceptors (Lipinski definition) is 2. The maximum Gasteiger partial charge on any atom is 0.220 e. The average Bonchev–Trinajstić information content (AvgIpc) is 2.46. The smallest absolute Gasteiger partial charge is 0.220 e. The van der Waals surface area contributed by atoms with Crippen LogP contribution in [0.25, 0.3) is 0 Å². The number of amides is 1. The molecular weight excluding hydrogens is 236 g/mol. The fourth-order valence-corrected chi connectivity index (χ4v) is 3.45. The van der Waals surface area contributed by atoms with Gasteiger partial charge in [-0.1, -0.05) is 37.6 Å². The van der Waals surface area contributed by atoms with Crippen LogP contribution in [0.5, 0.6) is 0 Å². The lowest BCUT2D eigenvalue weighted by Gasteiger charge is -2.45. The van der Waals surface area contributed by atoms with Crippen LogP contribution < -0.4 is 5.32 Å². The number of hydrogen-bond donors (Lipinski definition) is 1. The van der Waals surface area contributed by atoms with E-state index in [1.54, 1.807) is 0 Å². The van der Waals surface area contributed by atoms with Crippen LogP contribution in [0.15, 0.2) is 24.3 Å². The summed E-state index contributed by atoms with van der Waals surface area (Å²) in [5.74, 6) is 0.159. The van der Waals surface area contributed by atoms with Gasteiger partial charge in [0.2, 0.25) is 5.91 Å². The summed E-state index contributed by atoms with van der Waals surface area (Å²) < 4.78 is 0. The van der Waals surface area contributed by atoms with Crippen molar-refractivity contribution in [2.75, 3.05) is 6.54 Å². The van der Waals surface area contributed by atoms with E-state index in [0.717, 1.165) is 13.1 Å². The Kier molecular flexibility index (Phi) is 3.56. The van der Waals surface area contributed by atoms with Crippen LogP contribution in [0.1, 0.15) is 49.8 Å². The first kappa shape index (κ1) is 12.7. The van der Waals surface area contributed by atoms with Crippen LogP contribution in [-0.4, -0.2) is 23.4 Å². The monoisotopic (exact) mass is 258 g/mol. The second-order valence-electron chi connectivity index (χ2n) is 5.63. The molecule has 0 spiro atoms. The highest BCUT2D eigenvalue weighted by Crippen LogP contribution is 2.36. The van der Waals surface area contributed by atoms with Gasteiger partial charge < -0.3 is 5.32 Å². The second-order valence-corrected chi connectivity index (χ2v) is 5.63. The Morgan fingerprint density at radius 2 is 2.21 bits per heavy atom. The maximum atomic E-state index is 11.8. The highest BCUT2D eigenvalue weighted by molar-refractivity contribution is 5.76. The predicted molar refractivity (Wildman–Crippen MR) is 75.7 cm³/mol. The topological polar surface area (TPSA) is 32.3 Å². The van der Waals surface area contributed by atoms with Crippen LogP contribution in [0.4, 0.5) is 0 Å². The SMILES string of the molecule is CCC(=O)NC1c2ccccc2CN2CCCC[C@H]12. The fourth-order valence-electron chi connectivity index (χ4n) is 3.45. The fraction of sp³-hybridized carbons (Fsp3) is 0.562. The van der Waals surface area contributed by atoms with Crippen molar-refractivity contribution in [2.45, 2.75) is 51.2 Å². The summed E-state index contributed by atoms with van der Waals surface area (Å²) in [5.41, 5.74) is 2.70. The van der Waals surface area contributed by atoms with Crippen LogP contribution in [-0.2, 0) is 11.3 Å². The number of nitrogens with one attached hydrogen (secondary N) is 1. The molecule has 102 valence electrons. The molecule has 1 aromatic carbocycles. The summed E-state index contributed by atoms with van der Waals surface area (Å²) in [7, 11) is 0. The number of carbonyl (C=O) groups is 1. The summed E-state index contributed by atoms with van der Waals surface area (Å²) in [6.07, 6.45) is 4.32. The van der Waals surface area contributed by atoms with E-state index in [1.165, 1.54) is 30.4 Å². The minimum atomic E-state index is 0.159. The molecule has 1 N–H and O–H groups in total. The van der Waals surface area contributed by atoms with Crippen molar-refractivity contribution in [3.8, 4) is 0 Å². The number of benzene rings is 1. The third kappa shape index (κ3) is 2.39. The number of nitrogens with zero attached hydrogens (tertiary/aromatic N) is 1. The highest BCUT2D eigenvalue weighted by Gasteiger charge is 2.36. The molecule has 0 bridgehead atoms. The molecule has 1 saturated heterocycles. The Morgan fingerprint density at radius 1 is 1.37 bits per heavy atom. The zero-order valence-electron chi connectivity index (χ0n) is 11.6. The Bertz CT molecular complexity index is 472. The van der Waals surface area contributed by atoms with Crippen LogP contribution >= 0.6 is 0 Å². The van der Waals surface area contributed by atoms with Crippen LogP contribution in [0, 0.1) is 0 Å². The molecule has 3 nitrogen and oxygen atoms in total. The largest absolute Gasteiger partial charge is 0.348 e. The summed E-state index contributed by atoms with van der Waals surface area (Å²) in [5, 5.41) is 3.24. The van der Waals surface area contributed by atoms with Gasteiger partial charge in [0.15, 0.2) is 0 Å². The molecule has 3 rings (SSSR count). The first-order chi connectivity index (χ1) is 9.29. The molecule has 3 heteroatoms. The Balaban J connectivity index is 1.94. The van der Waals surface area contributed by atoms with Crippen molar-refractivity contribution in [1.29, 1.82) is 0 Å². The molecule has 2 atom stereocenters. The van der Waals surface area contributed by atoms with E-state index in [-0.39, 0.29) is 11.9 Å². The first-order valence-corrected chi connectivity index (χ1v) is 7.41. The molecule has 19 heavy (non-hydrogen) atoms. The average molecular weight is 258 g/mol. The third-order valence-electron chi connectivity index (χ3n) is 4.45. The normalized spacial score (nSPS) is 26.4. The molecule has 1 amide bonds. The van der Waals surface area contributed by atoms with Gasteiger partial charge >= 0.3 is 0 Å². The van der Waals surface area contributed by atoms with Crippen molar-refractivity contribution in [2.24, 2.45) is 0 Å². The molecule has 1 aromatic rings. The predicted octanol–water partition coefficient (Wildman–Crippen LogP) is 2.62. The summed E-state index contributed by atoms with van der Waals surface area (Å²) in [6.45, 7) is 4.12. The van der Waals surface area contributed by atoms with Gasteiger partial charge in [0.25, 0.3) is 0 Å². The van der Waals surface area contributed by atoms with Crippen LogP contribution in [0.2, 0.25) is 0 Å². The zero-order valence-corrected chi connectivity index (χ0v) is 11.6. The summed E-state index contributed by atoms with van der Waals surface area (Å²) in [4.78, 5) is 14.4. The van der Waals surface area contributed by atoms with Gasteiger partial charge in [-0.2, -0.15) is 0 Å². The lowest BCUT2D eigenvalue weighted by atomic mass is 9.84. The molecule has 2 aliphatic heterocycles. The lowest BCUT2D eigenvalue weighted by Crippen LogP contribution is -2.51. The Hall–Kier alpha value is -1.35. The van der Waals surface area contributed by atoms with E-state index in [4.69, 9.17) is 0 Å². The molecule has 1 unspecified atom stereocenters. The Labute approximate surface area is 115 Å². The van der Waals surface area contributed by atoms with Crippen LogP contribution in [0.3, 0.4) is 0 Å². The van der Waals surface area contributed by atoms with E-state index < -0.39 is 0 Å². The highest BCUT2D eigenvalue weighted by atomic mass is 16.1. The quantitative estimate of drug-likeness (QED) is 0.884. The molecule has 2 heterocycles. The molecule has 0 aromatic heterocycles. The zero-order chi connectivity index (χ0) is 13.2. The van der Waals surface area contributed by atoms with Crippen molar-refractivity contribution < 1.29 is 4.79 Å². The van der Waals surface area contributed by atoms with Crippen molar-refractivity contribution in [3.63, 3.8) is 0 Å². The van der Waals surface area contributed by atoms with Gasteiger partial charge in [0.1, 0.15) is 0 Å². The summed E-state index contributed by atoms with van der Waals surface area (Å²) in [6, 6.07) is 9.23. The second kappa shape index (κ2) is 5.33. The minimum Gasteiger partial charge on any atom is -0.348 e. The van der Waals surface area contributed by atoms with Gasteiger partial charge in [0.05, 0.1) is 6.04 Å². The number of carbonyl (C=O) groups excluding carboxylic acids is 1. The van der Waals surface area contributed by atoms with E-state index in [2.05, 4.69) is 34.5 Å². The standard InChI is InChI=1S/C16H22N2O/c1-2-15(19)17-16-13-8-4-3-7-12(13)11-18-10-6-5-9-14(16)18/h3-4,7-8,14,16H,2,5-6,9-11H2,1H3,(H,17,19)/t14-,16?/m1/s1. The molecule has 2 aliphatic rings. The number of piperidine rings is 1. The van der Waals surface area contributed by atoms with Gasteiger partial charge in [0, 0.05) is 19.0 Å². The van der Waals surface area contributed by atoms with Gasteiger partial charge in [-0.05, 0) is 30.5 Å². The van der Waals surface area contributed by atoms with Gasteiger partial charge in [-0.25, -0.2) is 0 Å². The van der Waals surface area contributed by atoms with Crippen molar-refractivity contribution in [3.05, 3.63) is 35.4 Å². The van der Waals surface area contributed by atoms with E-state index in [1.807, 2.05) is 6.92 Å². The molecular formula is C16H22N2O. The van der Waals surface area contributed by atoms with Gasteiger partial charge in [-0.3, -0.25) is 9.69 Å². The van der Waals surface area contributed by atoms with E-state index in [0.29, 0.717) is 12.5 Å². The minimum absolute atomic E-state index is 0.159. The van der Waals surface area contributed by atoms with E-state index >= 15 is 0 Å². The van der Waals surface area contributed by atoms with Crippen molar-refractivity contribution >= 4 is 5.91 Å². The van der Waals surface area contributed by atoms with E-state index in [9.17, 15) is 4.79 Å². The molecule has 0 radical (unpaired) electrons. The maximum absolute atomic E-state index is 11.8. The molecule has 0 aliphatic carbocycles.